The van der Waals surface area contributed by atoms with Gasteiger partial charge in [-0.15, -0.1) is 0 Å². The minimum Gasteiger partial charge on any atom is -0.257 e. The van der Waals surface area contributed by atoms with Crippen molar-refractivity contribution in [1.29, 1.82) is 0 Å². The van der Waals surface area contributed by atoms with E-state index in [1.807, 2.05) is 12.1 Å². The summed E-state index contributed by atoms with van der Waals surface area (Å²) in [6.45, 7) is 4.20. The van der Waals surface area contributed by atoms with Crippen LogP contribution in [0, 0.1) is 0 Å². The third kappa shape index (κ3) is 2.77. The maximum Gasteiger partial charge on any atom is 0.253 e. The third-order valence-electron chi connectivity index (χ3n) is 2.53. The lowest BCUT2D eigenvalue weighted by Crippen LogP contribution is -2.30. The highest BCUT2D eigenvalue weighted by Crippen LogP contribution is 2.20. The lowest BCUT2D eigenvalue weighted by atomic mass is 9.99. The van der Waals surface area contributed by atoms with Crippen LogP contribution >= 0.6 is 0 Å². The summed E-state index contributed by atoms with van der Waals surface area (Å²) in [5, 5.41) is 0. The van der Waals surface area contributed by atoms with Crippen LogP contribution in [-0.4, -0.2) is 8.42 Å². The first-order valence-electron chi connectivity index (χ1n) is 4.83. The van der Waals surface area contributed by atoms with Gasteiger partial charge in [-0.3, -0.25) is 5.84 Å². The van der Waals surface area contributed by atoms with Gasteiger partial charge in [-0.2, -0.15) is 4.83 Å². The van der Waals surface area contributed by atoms with E-state index in [1.165, 1.54) is 0 Å². The molecule has 1 unspecified atom stereocenters. The molecule has 84 valence electrons. The fourth-order valence-electron chi connectivity index (χ4n) is 1.28. The normalized spacial score (nSPS) is 13.8. The van der Waals surface area contributed by atoms with E-state index in [1.54, 1.807) is 17.0 Å². The Labute approximate surface area is 90.5 Å². The van der Waals surface area contributed by atoms with E-state index in [9.17, 15) is 8.42 Å². The van der Waals surface area contributed by atoms with E-state index in [0.29, 0.717) is 5.92 Å². The highest BCUT2D eigenvalue weighted by molar-refractivity contribution is 7.89. The second-order valence-corrected chi connectivity index (χ2v) is 5.21. The number of hydrogen-bond acceptors (Lipinski definition) is 3. The van der Waals surface area contributed by atoms with E-state index in [2.05, 4.69) is 13.8 Å². The molecule has 1 atom stereocenters. The molecule has 1 rings (SSSR count). The number of sulfonamides is 1. The zero-order valence-electron chi connectivity index (χ0n) is 8.90. The minimum atomic E-state index is -3.52. The molecule has 0 spiro atoms. The van der Waals surface area contributed by atoms with Crippen molar-refractivity contribution in [2.24, 2.45) is 5.84 Å². The quantitative estimate of drug-likeness (QED) is 0.603. The largest absolute Gasteiger partial charge is 0.257 e. The van der Waals surface area contributed by atoms with Gasteiger partial charge in [0.25, 0.3) is 10.0 Å². The van der Waals surface area contributed by atoms with Gasteiger partial charge in [-0.1, -0.05) is 26.0 Å². The topological polar surface area (TPSA) is 72.2 Å². The van der Waals surface area contributed by atoms with Crippen LogP contribution in [0.1, 0.15) is 31.7 Å². The Balaban J connectivity index is 3.00. The first-order valence-corrected chi connectivity index (χ1v) is 6.32. The van der Waals surface area contributed by atoms with Crippen molar-refractivity contribution in [3.63, 3.8) is 0 Å². The molecule has 0 saturated heterocycles. The summed E-state index contributed by atoms with van der Waals surface area (Å²) in [6, 6.07) is 6.77. The summed E-state index contributed by atoms with van der Waals surface area (Å²) in [7, 11) is -3.52. The molecular formula is C10H16N2O2S. The molecule has 4 nitrogen and oxygen atoms in total. The molecule has 1 aromatic carbocycles. The van der Waals surface area contributed by atoms with E-state index < -0.39 is 10.0 Å². The Hall–Kier alpha value is -0.910. The molecule has 0 aliphatic carbocycles. The van der Waals surface area contributed by atoms with Crippen LogP contribution in [0.2, 0.25) is 0 Å². The number of nitrogens with one attached hydrogen (secondary N) is 1. The molecule has 0 aliphatic rings. The smallest absolute Gasteiger partial charge is 0.253 e. The molecule has 0 saturated carbocycles. The molecule has 15 heavy (non-hydrogen) atoms. The molecule has 1 aromatic rings. The maximum absolute atomic E-state index is 11.3. The first kappa shape index (κ1) is 12.2. The van der Waals surface area contributed by atoms with Gasteiger partial charge in [-0.05, 0) is 30.0 Å². The van der Waals surface area contributed by atoms with Crippen molar-refractivity contribution in [2.75, 3.05) is 0 Å². The Morgan fingerprint density at radius 1 is 1.33 bits per heavy atom. The summed E-state index contributed by atoms with van der Waals surface area (Å²) in [5.74, 6) is 5.36. The Kier molecular flexibility index (Phi) is 3.84. The second-order valence-electron chi connectivity index (χ2n) is 3.50. The lowest BCUT2D eigenvalue weighted by Gasteiger charge is -2.09. The molecular weight excluding hydrogens is 212 g/mol. The SMILES string of the molecule is CCC(C)c1ccc(S(=O)(=O)NN)cc1. The predicted molar refractivity (Wildman–Crippen MR) is 59.7 cm³/mol. The van der Waals surface area contributed by atoms with Crippen molar-refractivity contribution >= 4 is 10.0 Å². The summed E-state index contributed by atoms with van der Waals surface area (Å²) in [6.07, 6.45) is 1.03. The van der Waals surface area contributed by atoms with Crippen molar-refractivity contribution < 1.29 is 8.42 Å². The van der Waals surface area contributed by atoms with Gasteiger partial charge in [0.1, 0.15) is 0 Å². The minimum absolute atomic E-state index is 0.192. The molecule has 0 radical (unpaired) electrons. The van der Waals surface area contributed by atoms with Crippen LogP contribution < -0.4 is 10.7 Å². The molecule has 0 aromatic heterocycles. The van der Waals surface area contributed by atoms with Gasteiger partial charge in [-0.25, -0.2) is 8.42 Å². The molecule has 5 heteroatoms. The van der Waals surface area contributed by atoms with Gasteiger partial charge in [0.05, 0.1) is 4.90 Å². The van der Waals surface area contributed by atoms with E-state index in [-0.39, 0.29) is 4.90 Å². The van der Waals surface area contributed by atoms with Crippen LogP contribution in [0.15, 0.2) is 29.2 Å². The van der Waals surface area contributed by atoms with Crippen molar-refractivity contribution in [3.05, 3.63) is 29.8 Å². The third-order valence-corrected chi connectivity index (χ3v) is 3.73. The Morgan fingerprint density at radius 3 is 2.27 bits per heavy atom. The highest BCUT2D eigenvalue weighted by Gasteiger charge is 2.11. The van der Waals surface area contributed by atoms with Gasteiger partial charge >= 0.3 is 0 Å². The standard InChI is InChI=1S/C10H16N2O2S/c1-3-8(2)9-4-6-10(7-5-9)15(13,14)12-11/h4-8,12H,3,11H2,1-2H3. The molecule has 0 heterocycles. The fourth-order valence-corrected chi connectivity index (χ4v) is 1.91. The second kappa shape index (κ2) is 4.74. The zero-order valence-corrected chi connectivity index (χ0v) is 9.71. The zero-order chi connectivity index (χ0) is 11.5. The number of rotatable bonds is 4. The van der Waals surface area contributed by atoms with Crippen LogP contribution in [0.4, 0.5) is 0 Å². The lowest BCUT2D eigenvalue weighted by molar-refractivity contribution is 0.584. The summed E-state index contributed by atoms with van der Waals surface area (Å²) in [4.78, 5) is 1.98. The Morgan fingerprint density at radius 2 is 1.87 bits per heavy atom. The van der Waals surface area contributed by atoms with Gasteiger partial charge in [0, 0.05) is 0 Å². The number of hydrazine groups is 1. The number of benzene rings is 1. The molecule has 0 amide bonds. The van der Waals surface area contributed by atoms with Crippen LogP contribution in [0.3, 0.4) is 0 Å². The van der Waals surface area contributed by atoms with Gasteiger partial charge in [0.15, 0.2) is 0 Å². The van der Waals surface area contributed by atoms with Gasteiger partial charge < -0.3 is 0 Å². The molecule has 0 aliphatic heterocycles. The Bertz CT molecular complexity index is 412. The molecule has 0 fully saturated rings. The summed E-state index contributed by atoms with van der Waals surface area (Å²) in [5.41, 5.74) is 1.13. The van der Waals surface area contributed by atoms with E-state index >= 15 is 0 Å². The maximum atomic E-state index is 11.3. The average Bonchev–Trinajstić information content (AvgIpc) is 2.28. The average molecular weight is 228 g/mol. The summed E-state index contributed by atoms with van der Waals surface area (Å²) >= 11 is 0. The van der Waals surface area contributed by atoms with E-state index in [0.717, 1.165) is 12.0 Å². The fraction of sp³-hybridized carbons (Fsp3) is 0.400. The van der Waals surface area contributed by atoms with Crippen LogP contribution in [-0.2, 0) is 10.0 Å². The van der Waals surface area contributed by atoms with Gasteiger partial charge in [0.2, 0.25) is 0 Å². The number of hydrogen-bond donors (Lipinski definition) is 2. The van der Waals surface area contributed by atoms with Crippen LogP contribution in [0.5, 0.6) is 0 Å². The van der Waals surface area contributed by atoms with Crippen molar-refractivity contribution in [2.45, 2.75) is 31.1 Å². The number of nitrogens with two attached hydrogens (primary N) is 1. The molecule has 0 bridgehead atoms. The summed E-state index contributed by atoms with van der Waals surface area (Å²) < 4.78 is 22.6. The predicted octanol–water partition coefficient (Wildman–Crippen LogP) is 1.35. The highest BCUT2D eigenvalue weighted by atomic mass is 32.2. The first-order chi connectivity index (χ1) is 7.01. The molecule has 3 N–H and O–H groups in total. The van der Waals surface area contributed by atoms with Crippen LogP contribution in [0.25, 0.3) is 0 Å². The van der Waals surface area contributed by atoms with Crippen molar-refractivity contribution in [3.8, 4) is 0 Å². The monoisotopic (exact) mass is 228 g/mol. The van der Waals surface area contributed by atoms with Crippen molar-refractivity contribution in [1.82, 2.24) is 4.83 Å². The van der Waals surface area contributed by atoms with E-state index in [4.69, 9.17) is 5.84 Å².